The van der Waals surface area contributed by atoms with E-state index >= 15 is 0 Å². The summed E-state index contributed by atoms with van der Waals surface area (Å²) in [6, 6.07) is 4.04. The number of H-pyrrole nitrogens is 1. The molecule has 0 amide bonds. The molecule has 0 saturated carbocycles. The number of hydrogen-bond acceptors (Lipinski definition) is 8. The first-order chi connectivity index (χ1) is 16.1. The van der Waals surface area contributed by atoms with E-state index in [2.05, 4.69) is 42.8 Å². The highest BCUT2D eigenvalue weighted by Gasteiger charge is 2.47. The van der Waals surface area contributed by atoms with E-state index in [1.165, 1.54) is 0 Å². The average Bonchev–Trinajstić information content (AvgIpc) is 3.39. The predicted molar refractivity (Wildman–Crippen MR) is 125 cm³/mol. The van der Waals surface area contributed by atoms with Crippen molar-refractivity contribution in [2.45, 2.75) is 44.8 Å². The summed E-state index contributed by atoms with van der Waals surface area (Å²) in [6.07, 6.45) is 5.68. The van der Waals surface area contributed by atoms with Crippen LogP contribution in [0.3, 0.4) is 0 Å². The Balaban J connectivity index is 1.32. The molecule has 1 spiro atoms. The number of aromatic amines is 1. The fraction of sp³-hybridized carbons (Fsp3) is 0.522. The fourth-order valence-electron chi connectivity index (χ4n) is 5.54. The lowest BCUT2D eigenvalue weighted by atomic mass is 9.73. The molecule has 33 heavy (non-hydrogen) atoms. The minimum Gasteiger partial charge on any atom is -0.376 e. The maximum atomic E-state index is 7.78. The average molecular weight is 446 g/mol. The number of aryl methyl sites for hydroxylation is 1. The van der Waals surface area contributed by atoms with Crippen molar-refractivity contribution < 1.29 is 4.74 Å². The number of fused-ring (bicyclic) bond motifs is 2. The lowest BCUT2D eigenvalue weighted by molar-refractivity contribution is 0.0974. The van der Waals surface area contributed by atoms with Crippen molar-refractivity contribution in [2.75, 3.05) is 36.0 Å². The predicted octanol–water partition coefficient (Wildman–Crippen LogP) is 2.72. The molecule has 0 unspecified atom stereocenters. The second-order valence-electron chi connectivity index (χ2n) is 9.34. The Morgan fingerprint density at radius 1 is 1.24 bits per heavy atom. The van der Waals surface area contributed by atoms with Gasteiger partial charge in [0.1, 0.15) is 0 Å². The van der Waals surface area contributed by atoms with Crippen molar-refractivity contribution in [2.24, 2.45) is 11.1 Å². The molecule has 6 heterocycles. The standard InChI is InChI=1S/C23H27N9O/c1-14-18(24)23(13-33-14)7-11-31(12-8-23)22-20(25-2)27-17-19(28-22)29-30-21(17)32-10-4-5-15-16(32)6-3-9-26-15/h3,6,9,14,18H,4-5,7-8,10-13,24H2,1H3,(H,28,29,30)/t14-,18+/m0/s1. The summed E-state index contributed by atoms with van der Waals surface area (Å²) in [5, 5.41) is 7.60. The fourth-order valence-corrected chi connectivity index (χ4v) is 5.54. The van der Waals surface area contributed by atoms with Crippen LogP contribution in [0, 0.1) is 12.0 Å². The van der Waals surface area contributed by atoms with Crippen LogP contribution in [0.5, 0.6) is 0 Å². The van der Waals surface area contributed by atoms with E-state index < -0.39 is 0 Å². The number of nitrogens with two attached hydrogens (primary N) is 1. The zero-order valence-electron chi connectivity index (χ0n) is 18.7. The molecule has 0 aliphatic carbocycles. The Bertz CT molecular complexity index is 1240. The maximum absolute atomic E-state index is 7.78. The van der Waals surface area contributed by atoms with Crippen LogP contribution in [0.15, 0.2) is 18.3 Å². The summed E-state index contributed by atoms with van der Waals surface area (Å²) in [7, 11) is 0. The van der Waals surface area contributed by atoms with Crippen LogP contribution in [-0.2, 0) is 11.2 Å². The Morgan fingerprint density at radius 2 is 2.09 bits per heavy atom. The van der Waals surface area contributed by atoms with Gasteiger partial charge in [-0.2, -0.15) is 5.10 Å². The van der Waals surface area contributed by atoms with E-state index in [4.69, 9.17) is 27.0 Å². The summed E-state index contributed by atoms with van der Waals surface area (Å²) in [5.41, 5.74) is 9.80. The molecule has 3 aromatic rings. The minimum atomic E-state index is 0.0164. The lowest BCUT2D eigenvalue weighted by Gasteiger charge is -2.41. The van der Waals surface area contributed by atoms with Gasteiger partial charge >= 0.3 is 5.82 Å². The molecule has 10 heteroatoms. The summed E-state index contributed by atoms with van der Waals surface area (Å²) >= 11 is 0. The third-order valence-electron chi connectivity index (χ3n) is 7.56. The molecule has 170 valence electrons. The molecule has 2 atom stereocenters. The number of nitrogens with one attached hydrogen (secondary N) is 1. The van der Waals surface area contributed by atoms with Crippen molar-refractivity contribution in [1.29, 1.82) is 0 Å². The summed E-state index contributed by atoms with van der Waals surface area (Å²) in [6.45, 7) is 12.9. The van der Waals surface area contributed by atoms with Gasteiger partial charge in [0.2, 0.25) is 17.0 Å². The van der Waals surface area contributed by atoms with Gasteiger partial charge in [-0.15, -0.1) is 4.98 Å². The first-order valence-electron chi connectivity index (χ1n) is 11.6. The van der Waals surface area contributed by atoms with Gasteiger partial charge in [0.15, 0.2) is 5.82 Å². The van der Waals surface area contributed by atoms with Gasteiger partial charge in [0.05, 0.1) is 24.1 Å². The molecule has 0 radical (unpaired) electrons. The Kier molecular flexibility index (Phi) is 4.71. The van der Waals surface area contributed by atoms with Gasteiger partial charge in [-0.05, 0) is 44.7 Å². The smallest absolute Gasteiger partial charge is 0.313 e. The third-order valence-corrected chi connectivity index (χ3v) is 7.56. The van der Waals surface area contributed by atoms with E-state index in [0.29, 0.717) is 35.2 Å². The Labute approximate surface area is 192 Å². The van der Waals surface area contributed by atoms with Gasteiger partial charge in [-0.25, -0.2) is 4.98 Å². The van der Waals surface area contributed by atoms with Crippen molar-refractivity contribution in [1.82, 2.24) is 25.1 Å². The molecule has 0 aromatic carbocycles. The normalized spacial score (nSPS) is 24.3. The minimum absolute atomic E-state index is 0.0164. The van der Waals surface area contributed by atoms with Crippen LogP contribution < -0.4 is 15.5 Å². The zero-order chi connectivity index (χ0) is 22.6. The van der Waals surface area contributed by atoms with Crippen LogP contribution in [0.25, 0.3) is 16.0 Å². The molecular weight excluding hydrogens is 418 g/mol. The number of ether oxygens (including phenoxy) is 1. The zero-order valence-corrected chi connectivity index (χ0v) is 18.7. The van der Waals surface area contributed by atoms with E-state index in [-0.39, 0.29) is 17.6 Å². The second-order valence-corrected chi connectivity index (χ2v) is 9.34. The van der Waals surface area contributed by atoms with Crippen LogP contribution >= 0.6 is 0 Å². The van der Waals surface area contributed by atoms with Gasteiger partial charge in [-0.3, -0.25) is 10.1 Å². The number of nitrogens with zero attached hydrogens (tertiary/aromatic N) is 7. The molecule has 3 N–H and O–H groups in total. The molecule has 3 aromatic heterocycles. The highest BCUT2D eigenvalue weighted by molar-refractivity contribution is 5.90. The summed E-state index contributed by atoms with van der Waals surface area (Å²) < 4.78 is 5.84. The van der Waals surface area contributed by atoms with E-state index in [1.807, 2.05) is 12.3 Å². The number of pyridine rings is 1. The maximum Gasteiger partial charge on any atom is 0.313 e. The molecule has 0 bridgehead atoms. The highest BCUT2D eigenvalue weighted by Crippen LogP contribution is 2.43. The SMILES string of the molecule is [C-]#[N+]c1nc2c(N3CCCc4ncccc43)n[nH]c2nc1N1CCC2(CC1)CO[C@@H](C)[C@H]2N. The number of aromatic nitrogens is 5. The number of rotatable bonds is 2. The van der Waals surface area contributed by atoms with Gasteiger partial charge < -0.3 is 25.1 Å². The Morgan fingerprint density at radius 3 is 2.85 bits per heavy atom. The van der Waals surface area contributed by atoms with Crippen molar-refractivity contribution in [3.8, 4) is 0 Å². The quantitative estimate of drug-likeness (QED) is 0.579. The Hall–Kier alpha value is -3.29. The largest absolute Gasteiger partial charge is 0.376 e. The van der Waals surface area contributed by atoms with Crippen LogP contribution in [0.4, 0.5) is 23.1 Å². The van der Waals surface area contributed by atoms with Crippen molar-refractivity contribution >= 4 is 34.3 Å². The molecule has 3 aliphatic rings. The summed E-state index contributed by atoms with van der Waals surface area (Å²) in [5.74, 6) is 1.62. The number of anilines is 3. The monoisotopic (exact) mass is 445 g/mol. The first-order valence-corrected chi connectivity index (χ1v) is 11.6. The van der Waals surface area contributed by atoms with Gasteiger partial charge in [0.25, 0.3) is 0 Å². The van der Waals surface area contributed by atoms with Crippen LogP contribution in [0.1, 0.15) is 31.9 Å². The summed E-state index contributed by atoms with van der Waals surface area (Å²) in [4.78, 5) is 22.1. The second kappa shape index (κ2) is 7.64. The van der Waals surface area contributed by atoms with E-state index in [1.54, 1.807) is 0 Å². The molecule has 2 fully saturated rings. The van der Waals surface area contributed by atoms with Gasteiger partial charge in [-0.1, -0.05) is 6.57 Å². The molecule has 2 saturated heterocycles. The molecule has 10 nitrogen and oxygen atoms in total. The topological polar surface area (TPSA) is 113 Å². The van der Waals surface area contributed by atoms with Gasteiger partial charge in [0, 0.05) is 37.3 Å². The van der Waals surface area contributed by atoms with E-state index in [9.17, 15) is 0 Å². The number of hydrogen-bond donors (Lipinski definition) is 2. The highest BCUT2D eigenvalue weighted by atomic mass is 16.5. The van der Waals surface area contributed by atoms with Crippen molar-refractivity contribution in [3.63, 3.8) is 0 Å². The molecule has 6 rings (SSSR count). The number of piperidine rings is 1. The molecule has 3 aliphatic heterocycles. The van der Waals surface area contributed by atoms with Crippen molar-refractivity contribution in [3.05, 3.63) is 35.4 Å². The lowest BCUT2D eigenvalue weighted by Crippen LogP contribution is -2.50. The van der Waals surface area contributed by atoms with E-state index in [0.717, 1.165) is 56.7 Å². The third kappa shape index (κ3) is 3.14. The van der Waals surface area contributed by atoms with Crippen LogP contribution in [0.2, 0.25) is 0 Å². The first kappa shape index (κ1) is 20.3. The van der Waals surface area contributed by atoms with Crippen LogP contribution in [-0.4, -0.2) is 63.5 Å². The molecular formula is C23H27N9O.